The summed E-state index contributed by atoms with van der Waals surface area (Å²) in [4.78, 5) is 25.6. The molecule has 2 heterocycles. The second-order valence-corrected chi connectivity index (χ2v) is 9.32. The van der Waals surface area contributed by atoms with Crippen LogP contribution in [0.2, 0.25) is 0 Å². The molecule has 3 atom stereocenters. The molecular weight excluding hydrogens is 478 g/mol. The summed E-state index contributed by atoms with van der Waals surface area (Å²) in [6, 6.07) is 15.2. The van der Waals surface area contributed by atoms with Gasteiger partial charge in [0.1, 0.15) is 0 Å². The summed E-state index contributed by atoms with van der Waals surface area (Å²) in [5, 5.41) is 20.7. The van der Waals surface area contributed by atoms with E-state index in [1.165, 1.54) is 0 Å². The molecule has 10 nitrogen and oxygen atoms in total. The topological polar surface area (TPSA) is 130 Å². The van der Waals surface area contributed by atoms with E-state index >= 15 is 0 Å². The van der Waals surface area contributed by atoms with Gasteiger partial charge in [0.05, 0.1) is 32.0 Å². The second-order valence-electron chi connectivity index (χ2n) is 9.32. The van der Waals surface area contributed by atoms with E-state index in [0.717, 1.165) is 56.0 Å². The highest BCUT2D eigenvalue weighted by Gasteiger charge is 2.33. The number of hydrogen-bond donors (Lipinski definition) is 4. The molecule has 0 radical (unpaired) electrons. The highest BCUT2D eigenvalue weighted by Crippen LogP contribution is 2.38. The number of amides is 2. The number of morpholine rings is 1. The number of nitrogens with one attached hydrogen (secondary N) is 2. The van der Waals surface area contributed by atoms with Crippen molar-refractivity contribution in [3.63, 3.8) is 0 Å². The number of aliphatic hydroxyl groups is 1. The van der Waals surface area contributed by atoms with Crippen LogP contribution in [0.1, 0.15) is 54.8 Å². The van der Waals surface area contributed by atoms with E-state index in [9.17, 15) is 14.7 Å². The fourth-order valence-electron chi connectivity index (χ4n) is 4.52. The fraction of sp³-hybridized carbons (Fsp3) is 0.481. The summed E-state index contributed by atoms with van der Waals surface area (Å²) < 4.78 is 18.3. The summed E-state index contributed by atoms with van der Waals surface area (Å²) >= 11 is 0. The van der Waals surface area contributed by atoms with Gasteiger partial charge < -0.3 is 24.6 Å². The number of aliphatic hydroxyl groups excluding tert-OH is 1. The highest BCUT2D eigenvalue weighted by atomic mass is 16.7. The molecule has 2 saturated heterocycles. The number of carbonyl (C=O) groups excluding carboxylic acids is 2. The van der Waals surface area contributed by atoms with E-state index < -0.39 is 12.2 Å². The number of anilines is 1. The lowest BCUT2D eigenvalue weighted by Gasteiger charge is -2.39. The van der Waals surface area contributed by atoms with Crippen LogP contribution < -0.4 is 10.8 Å². The minimum absolute atomic E-state index is 0.00191. The van der Waals surface area contributed by atoms with E-state index in [1.807, 2.05) is 36.4 Å². The molecule has 2 aromatic rings. The molecule has 0 unspecified atom stereocenters. The third-order valence-corrected chi connectivity index (χ3v) is 6.58. The molecule has 10 heteroatoms. The molecular formula is C27H35N3O7. The van der Waals surface area contributed by atoms with Gasteiger partial charge in [-0.2, -0.15) is 0 Å². The SMILES string of the molecule is O=C(CCCC(=O)Nc1ccc([C@H]2O[C@@H](CN3CCOCC3)C[C@@H](c3ccc(CO)cc3)O2)cc1)NO. The Morgan fingerprint density at radius 3 is 2.27 bits per heavy atom. The van der Waals surface area contributed by atoms with Crippen molar-refractivity contribution >= 4 is 17.5 Å². The maximum atomic E-state index is 12.2. The van der Waals surface area contributed by atoms with Crippen molar-refractivity contribution in [3.05, 3.63) is 65.2 Å². The zero-order valence-corrected chi connectivity index (χ0v) is 20.8. The number of rotatable bonds is 10. The van der Waals surface area contributed by atoms with E-state index in [1.54, 1.807) is 17.6 Å². The van der Waals surface area contributed by atoms with Gasteiger partial charge in [-0.25, -0.2) is 5.48 Å². The van der Waals surface area contributed by atoms with Crippen LogP contribution in [0.3, 0.4) is 0 Å². The molecule has 2 aliphatic rings. The van der Waals surface area contributed by atoms with Gasteiger partial charge in [0.15, 0.2) is 6.29 Å². The Balaban J connectivity index is 1.41. The van der Waals surface area contributed by atoms with E-state index in [2.05, 4.69) is 10.2 Å². The zero-order valence-electron chi connectivity index (χ0n) is 20.8. The first kappa shape index (κ1) is 27.2. The molecule has 37 heavy (non-hydrogen) atoms. The van der Waals surface area contributed by atoms with E-state index in [-0.39, 0.29) is 37.6 Å². The normalized spacial score (nSPS) is 22.4. The summed E-state index contributed by atoms with van der Waals surface area (Å²) in [6.07, 6.45) is 0.547. The van der Waals surface area contributed by atoms with Crippen LogP contribution in [0.15, 0.2) is 48.5 Å². The van der Waals surface area contributed by atoms with Gasteiger partial charge in [0.2, 0.25) is 11.8 Å². The monoisotopic (exact) mass is 513 g/mol. The number of hydrogen-bond acceptors (Lipinski definition) is 8. The number of ether oxygens (including phenoxy) is 3. The first-order chi connectivity index (χ1) is 18.0. The Kier molecular flexibility index (Phi) is 10.0. The summed E-state index contributed by atoms with van der Waals surface area (Å²) in [6.45, 7) is 3.98. The Morgan fingerprint density at radius 2 is 1.59 bits per heavy atom. The molecule has 0 aromatic heterocycles. The zero-order chi connectivity index (χ0) is 26.0. The molecule has 4 N–H and O–H groups in total. The lowest BCUT2D eigenvalue weighted by molar-refractivity contribution is -0.253. The number of carbonyl (C=O) groups is 2. The molecule has 0 bridgehead atoms. The van der Waals surface area contributed by atoms with Crippen LogP contribution in [0, 0.1) is 0 Å². The standard InChI is InChI=1S/C27H35N3O7/c31-18-19-4-6-20(7-5-19)24-16-23(17-30-12-14-35-15-13-30)36-27(37-24)21-8-10-22(11-9-21)28-25(32)2-1-3-26(33)29-34/h4-11,23-24,27,31,34H,1-3,12-18H2,(H,28,32)(H,29,33)/t23-,24+,27+/m1/s1. The highest BCUT2D eigenvalue weighted by molar-refractivity contribution is 5.91. The van der Waals surface area contributed by atoms with Crippen molar-refractivity contribution < 1.29 is 34.1 Å². The van der Waals surface area contributed by atoms with Gasteiger partial charge in [0, 0.05) is 50.1 Å². The molecule has 0 aliphatic carbocycles. The lowest BCUT2D eigenvalue weighted by Crippen LogP contribution is -2.44. The van der Waals surface area contributed by atoms with Crippen LogP contribution >= 0.6 is 0 Å². The predicted octanol–water partition coefficient (Wildman–Crippen LogP) is 2.67. The van der Waals surface area contributed by atoms with Gasteiger partial charge >= 0.3 is 0 Å². The third-order valence-electron chi connectivity index (χ3n) is 6.58. The largest absolute Gasteiger partial charge is 0.392 e. The van der Waals surface area contributed by atoms with Crippen molar-refractivity contribution in [1.82, 2.24) is 10.4 Å². The van der Waals surface area contributed by atoms with Crippen molar-refractivity contribution in [2.24, 2.45) is 0 Å². The maximum absolute atomic E-state index is 12.2. The minimum Gasteiger partial charge on any atom is -0.392 e. The van der Waals surface area contributed by atoms with E-state index in [4.69, 9.17) is 19.4 Å². The third kappa shape index (κ3) is 8.06. The van der Waals surface area contributed by atoms with Gasteiger partial charge in [-0.3, -0.25) is 19.7 Å². The molecule has 0 saturated carbocycles. The summed E-state index contributed by atoms with van der Waals surface area (Å²) in [5.41, 5.74) is 4.93. The second kappa shape index (κ2) is 13.6. The van der Waals surface area contributed by atoms with Crippen molar-refractivity contribution in [1.29, 1.82) is 0 Å². The summed E-state index contributed by atoms with van der Waals surface area (Å²) in [5.74, 6) is -0.722. The molecule has 2 aromatic carbocycles. The Morgan fingerprint density at radius 1 is 0.919 bits per heavy atom. The molecule has 2 aliphatic heterocycles. The van der Waals surface area contributed by atoms with Crippen LogP contribution in [-0.2, 0) is 30.4 Å². The Bertz CT molecular complexity index is 1010. The maximum Gasteiger partial charge on any atom is 0.243 e. The minimum atomic E-state index is -0.566. The van der Waals surface area contributed by atoms with Gasteiger partial charge in [-0.05, 0) is 29.7 Å². The van der Waals surface area contributed by atoms with Crippen LogP contribution in [0.5, 0.6) is 0 Å². The quantitative estimate of drug-likeness (QED) is 0.282. The first-order valence-electron chi connectivity index (χ1n) is 12.7. The Hall–Kier alpha value is -2.86. The van der Waals surface area contributed by atoms with Gasteiger partial charge in [-0.15, -0.1) is 0 Å². The predicted molar refractivity (Wildman–Crippen MR) is 135 cm³/mol. The molecule has 0 spiro atoms. The molecule has 4 rings (SSSR count). The van der Waals surface area contributed by atoms with Crippen LogP contribution in [0.4, 0.5) is 5.69 Å². The lowest BCUT2D eigenvalue weighted by atomic mass is 9.99. The van der Waals surface area contributed by atoms with Crippen LogP contribution in [-0.4, -0.2) is 66.0 Å². The molecule has 2 fully saturated rings. The number of nitrogens with zero attached hydrogens (tertiary/aromatic N) is 1. The molecule has 200 valence electrons. The first-order valence-corrected chi connectivity index (χ1v) is 12.7. The van der Waals surface area contributed by atoms with Crippen LogP contribution in [0.25, 0.3) is 0 Å². The molecule has 2 amide bonds. The van der Waals surface area contributed by atoms with Gasteiger partial charge in [0.25, 0.3) is 0 Å². The number of hydroxylamine groups is 1. The van der Waals surface area contributed by atoms with E-state index in [0.29, 0.717) is 12.1 Å². The number of benzene rings is 2. The Labute approximate surface area is 216 Å². The average Bonchev–Trinajstić information content (AvgIpc) is 2.93. The van der Waals surface area contributed by atoms with Crippen molar-refractivity contribution in [2.45, 2.75) is 50.8 Å². The fourth-order valence-corrected chi connectivity index (χ4v) is 4.52. The average molecular weight is 514 g/mol. The van der Waals surface area contributed by atoms with Crippen molar-refractivity contribution in [3.8, 4) is 0 Å². The van der Waals surface area contributed by atoms with Gasteiger partial charge in [-0.1, -0.05) is 36.4 Å². The van der Waals surface area contributed by atoms with Crippen molar-refractivity contribution in [2.75, 3.05) is 38.2 Å². The summed E-state index contributed by atoms with van der Waals surface area (Å²) in [7, 11) is 0. The smallest absolute Gasteiger partial charge is 0.243 e.